The van der Waals surface area contributed by atoms with E-state index in [-0.39, 0.29) is 0 Å². The number of ether oxygens (including phenoxy) is 1. The molecule has 0 amide bonds. The zero-order valence-electron chi connectivity index (χ0n) is 9.42. The molecule has 1 aliphatic rings. The number of aliphatic imine (C=N–C) groups is 1. The fourth-order valence-corrected chi connectivity index (χ4v) is 1.82. The zero-order chi connectivity index (χ0) is 12.4. The molecule has 0 radical (unpaired) electrons. The second-order valence-electron chi connectivity index (χ2n) is 3.83. The van der Waals surface area contributed by atoms with E-state index in [0.29, 0.717) is 5.69 Å². The van der Waals surface area contributed by atoms with Gasteiger partial charge < -0.3 is 9.72 Å². The Morgan fingerprint density at radius 2 is 2.17 bits per heavy atom. The van der Waals surface area contributed by atoms with Gasteiger partial charge in [0.1, 0.15) is 23.8 Å². The third-order valence-electron chi connectivity index (χ3n) is 2.68. The van der Waals surface area contributed by atoms with Crippen molar-refractivity contribution in [3.05, 3.63) is 54.1 Å². The van der Waals surface area contributed by atoms with E-state index >= 15 is 0 Å². The number of aromatic amines is 1. The monoisotopic (exact) mass is 235 g/mol. The van der Waals surface area contributed by atoms with Crippen molar-refractivity contribution in [1.82, 2.24) is 4.98 Å². The molecular formula is C14H9N3O. The lowest BCUT2D eigenvalue weighted by Gasteiger charge is -2.05. The summed E-state index contributed by atoms with van der Waals surface area (Å²) in [6.45, 7) is 0. The van der Waals surface area contributed by atoms with Crippen LogP contribution in [0.15, 0.2) is 47.8 Å². The molecule has 18 heavy (non-hydrogen) atoms. The lowest BCUT2D eigenvalue weighted by molar-refractivity contribution is 0.481. The zero-order valence-corrected chi connectivity index (χ0v) is 9.42. The molecule has 1 aromatic heterocycles. The topological polar surface area (TPSA) is 61.2 Å². The Bertz CT molecular complexity index is 689. The van der Waals surface area contributed by atoms with Crippen LogP contribution in [0, 0.1) is 11.3 Å². The Morgan fingerprint density at radius 3 is 3.00 bits per heavy atom. The molecule has 0 fully saturated rings. The van der Waals surface area contributed by atoms with Crippen molar-refractivity contribution in [2.75, 3.05) is 0 Å². The molecule has 1 aliphatic heterocycles. The third kappa shape index (κ3) is 1.78. The van der Waals surface area contributed by atoms with Gasteiger partial charge in [-0.2, -0.15) is 5.26 Å². The molecule has 0 atom stereocenters. The number of nitrogens with one attached hydrogen (secondary N) is 1. The van der Waals surface area contributed by atoms with E-state index in [1.165, 1.54) is 0 Å². The second-order valence-corrected chi connectivity index (χ2v) is 3.83. The Hall–Kier alpha value is -2.80. The quantitative estimate of drug-likeness (QED) is 0.826. The molecule has 0 aliphatic carbocycles. The molecule has 3 rings (SSSR count). The Labute approximate surface area is 104 Å². The number of hydrogen-bond donors (Lipinski definition) is 1. The highest BCUT2D eigenvalue weighted by Gasteiger charge is 2.07. The van der Waals surface area contributed by atoms with E-state index in [4.69, 9.17) is 10.00 Å². The van der Waals surface area contributed by atoms with E-state index in [1.807, 2.05) is 24.3 Å². The summed E-state index contributed by atoms with van der Waals surface area (Å²) in [6, 6.07) is 11.5. The molecule has 0 spiro atoms. The number of nitriles is 1. The number of rotatable bonds is 1. The first-order valence-electron chi connectivity index (χ1n) is 5.45. The molecule has 1 N–H and O–H groups in total. The number of H-pyrrole nitrogens is 1. The van der Waals surface area contributed by atoms with Crippen molar-refractivity contribution in [3.63, 3.8) is 0 Å². The number of hydrogen-bond acceptors (Lipinski definition) is 3. The number of aromatic nitrogens is 1. The van der Waals surface area contributed by atoms with Crippen molar-refractivity contribution < 1.29 is 4.74 Å². The van der Waals surface area contributed by atoms with Gasteiger partial charge in [0.15, 0.2) is 0 Å². The maximum atomic E-state index is 8.80. The minimum Gasteiger partial charge on any atom is -0.463 e. The van der Waals surface area contributed by atoms with Gasteiger partial charge in [-0.15, -0.1) is 0 Å². The molecule has 0 saturated heterocycles. The standard InChI is InChI=1S/C14H9N3O/c15-8-12-2-3-13(17-12)10-1-4-14-11(7-10)9-16-5-6-18-14/h1-7,9,17H. The van der Waals surface area contributed by atoms with Crippen LogP contribution in [-0.2, 0) is 0 Å². The molecule has 2 aromatic rings. The summed E-state index contributed by atoms with van der Waals surface area (Å²) in [7, 11) is 0. The smallest absolute Gasteiger partial charge is 0.135 e. The molecule has 0 saturated carbocycles. The van der Waals surface area contributed by atoms with Crippen LogP contribution in [0.25, 0.3) is 11.3 Å². The van der Waals surface area contributed by atoms with Gasteiger partial charge in [-0.05, 0) is 35.9 Å². The van der Waals surface area contributed by atoms with Crippen molar-refractivity contribution in [2.45, 2.75) is 0 Å². The third-order valence-corrected chi connectivity index (χ3v) is 2.68. The van der Waals surface area contributed by atoms with Crippen LogP contribution in [0.5, 0.6) is 5.75 Å². The minimum absolute atomic E-state index is 0.548. The molecule has 2 heterocycles. The summed E-state index contributed by atoms with van der Waals surface area (Å²) < 4.78 is 5.40. The average molecular weight is 235 g/mol. The van der Waals surface area contributed by atoms with Crippen molar-refractivity contribution in [2.24, 2.45) is 4.99 Å². The number of benzene rings is 1. The van der Waals surface area contributed by atoms with Gasteiger partial charge in [-0.25, -0.2) is 0 Å². The van der Waals surface area contributed by atoms with Gasteiger partial charge in [0.05, 0.1) is 6.20 Å². The highest BCUT2D eigenvalue weighted by Crippen LogP contribution is 2.26. The molecule has 1 aromatic carbocycles. The van der Waals surface area contributed by atoms with Crippen molar-refractivity contribution in [1.29, 1.82) is 5.26 Å². The summed E-state index contributed by atoms with van der Waals surface area (Å²) in [5.74, 6) is 0.767. The van der Waals surface area contributed by atoms with E-state index in [0.717, 1.165) is 22.6 Å². The SMILES string of the molecule is N#Cc1ccc(-c2ccc3c(c2)C=NC=CO3)[nH]1. The van der Waals surface area contributed by atoms with Crippen LogP contribution in [0.4, 0.5) is 0 Å². The van der Waals surface area contributed by atoms with Crippen LogP contribution in [-0.4, -0.2) is 11.2 Å². The van der Waals surface area contributed by atoms with Crippen LogP contribution in [0.1, 0.15) is 11.3 Å². The lowest BCUT2D eigenvalue weighted by Crippen LogP contribution is -1.89. The second kappa shape index (κ2) is 4.22. The van der Waals surface area contributed by atoms with E-state index < -0.39 is 0 Å². The van der Waals surface area contributed by atoms with Crippen LogP contribution in [0.2, 0.25) is 0 Å². The number of nitrogens with zero attached hydrogens (tertiary/aromatic N) is 2. The van der Waals surface area contributed by atoms with Gasteiger partial charge in [0, 0.05) is 17.5 Å². The Morgan fingerprint density at radius 1 is 1.22 bits per heavy atom. The fraction of sp³-hybridized carbons (Fsp3) is 0. The molecule has 0 unspecified atom stereocenters. The maximum absolute atomic E-state index is 8.80. The van der Waals surface area contributed by atoms with E-state index in [2.05, 4.69) is 16.0 Å². The predicted octanol–water partition coefficient (Wildman–Crippen LogP) is 2.84. The number of fused-ring (bicyclic) bond motifs is 1. The highest BCUT2D eigenvalue weighted by atomic mass is 16.5. The van der Waals surface area contributed by atoms with Gasteiger partial charge in [-0.1, -0.05) is 0 Å². The molecule has 4 nitrogen and oxygen atoms in total. The maximum Gasteiger partial charge on any atom is 0.135 e. The fourth-order valence-electron chi connectivity index (χ4n) is 1.82. The summed E-state index contributed by atoms with van der Waals surface area (Å²) >= 11 is 0. The first-order chi connectivity index (χ1) is 8.86. The largest absolute Gasteiger partial charge is 0.463 e. The normalized spacial score (nSPS) is 12.4. The predicted molar refractivity (Wildman–Crippen MR) is 68.3 cm³/mol. The van der Waals surface area contributed by atoms with Crippen molar-refractivity contribution >= 4 is 6.21 Å². The summed E-state index contributed by atoms with van der Waals surface area (Å²) in [4.78, 5) is 7.11. The molecule has 86 valence electrons. The Kier molecular flexibility index (Phi) is 2.43. The minimum atomic E-state index is 0.548. The van der Waals surface area contributed by atoms with Gasteiger partial charge in [-0.3, -0.25) is 4.99 Å². The highest BCUT2D eigenvalue weighted by molar-refractivity contribution is 5.86. The summed E-state index contributed by atoms with van der Waals surface area (Å²) in [6.07, 6.45) is 4.89. The lowest BCUT2D eigenvalue weighted by atomic mass is 10.1. The Balaban J connectivity index is 2.05. The van der Waals surface area contributed by atoms with Crippen molar-refractivity contribution in [3.8, 4) is 23.1 Å². The first-order valence-corrected chi connectivity index (χ1v) is 5.45. The van der Waals surface area contributed by atoms with Gasteiger partial charge >= 0.3 is 0 Å². The van der Waals surface area contributed by atoms with Crippen LogP contribution < -0.4 is 4.74 Å². The molecule has 0 bridgehead atoms. The average Bonchev–Trinajstić information content (AvgIpc) is 2.76. The van der Waals surface area contributed by atoms with Gasteiger partial charge in [0.25, 0.3) is 0 Å². The molecular weight excluding hydrogens is 226 g/mol. The summed E-state index contributed by atoms with van der Waals surface area (Å²) in [5, 5.41) is 8.80. The van der Waals surface area contributed by atoms with Crippen LogP contribution >= 0.6 is 0 Å². The molecule has 4 heteroatoms. The van der Waals surface area contributed by atoms with E-state index in [1.54, 1.807) is 24.7 Å². The van der Waals surface area contributed by atoms with Gasteiger partial charge in [0.2, 0.25) is 0 Å². The van der Waals surface area contributed by atoms with Crippen LogP contribution in [0.3, 0.4) is 0 Å². The summed E-state index contributed by atoms with van der Waals surface area (Å²) in [5.41, 5.74) is 3.35. The van der Waals surface area contributed by atoms with E-state index in [9.17, 15) is 0 Å². The first kappa shape index (κ1) is 10.4.